The highest BCUT2D eigenvalue weighted by molar-refractivity contribution is 5.33. The molecule has 0 aliphatic carbocycles. The van der Waals surface area contributed by atoms with Gasteiger partial charge in [-0.1, -0.05) is 18.2 Å². The molecule has 1 aromatic carbocycles. The van der Waals surface area contributed by atoms with Crippen molar-refractivity contribution in [2.45, 2.75) is 26.4 Å². The van der Waals surface area contributed by atoms with Crippen LogP contribution in [0.1, 0.15) is 28.6 Å². The fraction of sp³-hybridized carbons (Fsp3) is 0.308. The van der Waals surface area contributed by atoms with Crippen LogP contribution in [-0.4, -0.2) is 15.1 Å². The Morgan fingerprint density at radius 3 is 2.88 bits per heavy atom. The molecule has 0 amide bonds. The van der Waals surface area contributed by atoms with Crippen LogP contribution < -0.4 is 0 Å². The van der Waals surface area contributed by atoms with E-state index in [0.29, 0.717) is 12.2 Å². The van der Waals surface area contributed by atoms with Crippen molar-refractivity contribution in [3.05, 3.63) is 53.1 Å². The van der Waals surface area contributed by atoms with Gasteiger partial charge in [-0.25, -0.2) is 4.98 Å². The average molecular weight is 216 g/mol. The molecule has 0 spiro atoms. The quantitative estimate of drug-likeness (QED) is 0.827. The summed E-state index contributed by atoms with van der Waals surface area (Å²) in [4.78, 5) is 6.99. The second-order valence-corrected chi connectivity index (χ2v) is 4.05. The first-order chi connectivity index (χ1) is 7.68. The minimum atomic E-state index is -0.560. The maximum absolute atomic E-state index is 9.98. The van der Waals surface area contributed by atoms with Crippen molar-refractivity contribution in [2.24, 2.45) is 0 Å². The van der Waals surface area contributed by atoms with E-state index in [1.807, 2.05) is 6.07 Å². The van der Waals surface area contributed by atoms with Gasteiger partial charge in [0.2, 0.25) is 0 Å². The Labute approximate surface area is 95.2 Å². The number of H-pyrrole nitrogens is 1. The van der Waals surface area contributed by atoms with Crippen molar-refractivity contribution < 1.29 is 5.11 Å². The molecule has 1 unspecified atom stereocenters. The van der Waals surface area contributed by atoms with Gasteiger partial charge in [0.15, 0.2) is 0 Å². The summed E-state index contributed by atoms with van der Waals surface area (Å²) >= 11 is 0. The van der Waals surface area contributed by atoms with E-state index < -0.39 is 6.10 Å². The maximum Gasteiger partial charge on any atom is 0.135 e. The molecule has 0 bridgehead atoms. The summed E-state index contributed by atoms with van der Waals surface area (Å²) in [5.41, 5.74) is 3.67. The molecule has 0 aliphatic heterocycles. The van der Waals surface area contributed by atoms with Crippen molar-refractivity contribution in [3.63, 3.8) is 0 Å². The van der Waals surface area contributed by atoms with Gasteiger partial charge >= 0.3 is 0 Å². The number of aryl methyl sites for hydroxylation is 1. The van der Waals surface area contributed by atoms with E-state index in [-0.39, 0.29) is 0 Å². The average Bonchev–Trinajstić information content (AvgIpc) is 2.78. The summed E-state index contributed by atoms with van der Waals surface area (Å²) in [6.07, 6.45) is 3.42. The predicted octanol–water partition coefficient (Wildman–Crippen LogP) is 2.30. The molecule has 0 aliphatic rings. The number of nitrogens with one attached hydrogen (secondary N) is 1. The van der Waals surface area contributed by atoms with E-state index >= 15 is 0 Å². The van der Waals surface area contributed by atoms with Crippen LogP contribution in [0.25, 0.3) is 0 Å². The molecular weight excluding hydrogens is 200 g/mol. The van der Waals surface area contributed by atoms with E-state index in [2.05, 4.69) is 35.9 Å². The zero-order valence-electron chi connectivity index (χ0n) is 9.57. The lowest BCUT2D eigenvalue weighted by Gasteiger charge is -2.11. The number of aromatic nitrogens is 2. The summed E-state index contributed by atoms with van der Waals surface area (Å²) in [7, 11) is 0. The summed E-state index contributed by atoms with van der Waals surface area (Å²) in [5, 5.41) is 9.98. The SMILES string of the molecule is Cc1cccc(CC(O)c2ncc[nH]2)c1C. The molecule has 84 valence electrons. The first kappa shape index (κ1) is 10.9. The normalized spacial score (nSPS) is 12.7. The van der Waals surface area contributed by atoms with Gasteiger partial charge in [-0.3, -0.25) is 0 Å². The van der Waals surface area contributed by atoms with Crippen molar-refractivity contribution >= 4 is 0 Å². The van der Waals surface area contributed by atoms with Gasteiger partial charge in [-0.15, -0.1) is 0 Å². The summed E-state index contributed by atoms with van der Waals surface area (Å²) in [6, 6.07) is 6.15. The lowest BCUT2D eigenvalue weighted by Crippen LogP contribution is -2.05. The van der Waals surface area contributed by atoms with Crippen LogP contribution in [0.15, 0.2) is 30.6 Å². The molecule has 1 heterocycles. The molecule has 1 aromatic heterocycles. The third kappa shape index (κ3) is 2.14. The fourth-order valence-electron chi connectivity index (χ4n) is 1.80. The zero-order valence-corrected chi connectivity index (χ0v) is 9.57. The second-order valence-electron chi connectivity index (χ2n) is 4.05. The van der Waals surface area contributed by atoms with Gasteiger partial charge in [0.25, 0.3) is 0 Å². The molecule has 2 N–H and O–H groups in total. The van der Waals surface area contributed by atoms with Gasteiger partial charge in [-0.05, 0) is 30.5 Å². The smallest absolute Gasteiger partial charge is 0.135 e. The van der Waals surface area contributed by atoms with E-state index in [1.54, 1.807) is 12.4 Å². The first-order valence-corrected chi connectivity index (χ1v) is 5.41. The van der Waals surface area contributed by atoms with Gasteiger partial charge in [-0.2, -0.15) is 0 Å². The van der Waals surface area contributed by atoms with Crippen LogP contribution in [0.4, 0.5) is 0 Å². The van der Waals surface area contributed by atoms with E-state index in [0.717, 1.165) is 0 Å². The predicted molar refractivity (Wildman–Crippen MR) is 63.2 cm³/mol. The Balaban J connectivity index is 2.18. The van der Waals surface area contributed by atoms with Crippen molar-refractivity contribution in [3.8, 4) is 0 Å². The Morgan fingerprint density at radius 1 is 1.38 bits per heavy atom. The molecule has 0 fully saturated rings. The van der Waals surface area contributed by atoms with E-state index in [9.17, 15) is 5.11 Å². The third-order valence-electron chi connectivity index (χ3n) is 2.97. The highest BCUT2D eigenvalue weighted by Crippen LogP contribution is 2.19. The maximum atomic E-state index is 9.98. The Kier molecular flexibility index (Phi) is 3.06. The number of benzene rings is 1. The minimum Gasteiger partial charge on any atom is -0.385 e. The molecular formula is C13H16N2O. The van der Waals surface area contributed by atoms with Crippen molar-refractivity contribution in [1.29, 1.82) is 0 Å². The highest BCUT2D eigenvalue weighted by atomic mass is 16.3. The lowest BCUT2D eigenvalue weighted by molar-refractivity contribution is 0.169. The molecule has 1 atom stereocenters. The van der Waals surface area contributed by atoms with Crippen LogP contribution >= 0.6 is 0 Å². The molecule has 0 saturated carbocycles. The number of nitrogens with zero attached hydrogens (tertiary/aromatic N) is 1. The number of imidazole rings is 1. The van der Waals surface area contributed by atoms with Gasteiger partial charge < -0.3 is 10.1 Å². The molecule has 16 heavy (non-hydrogen) atoms. The number of aliphatic hydroxyl groups excluding tert-OH is 1. The number of hydrogen-bond acceptors (Lipinski definition) is 2. The van der Waals surface area contributed by atoms with Gasteiger partial charge in [0, 0.05) is 18.8 Å². The van der Waals surface area contributed by atoms with Crippen molar-refractivity contribution in [1.82, 2.24) is 9.97 Å². The second kappa shape index (κ2) is 4.49. The monoisotopic (exact) mass is 216 g/mol. The molecule has 3 heteroatoms. The Bertz CT molecular complexity index is 463. The molecule has 0 saturated heterocycles. The van der Waals surface area contributed by atoms with Crippen molar-refractivity contribution in [2.75, 3.05) is 0 Å². The highest BCUT2D eigenvalue weighted by Gasteiger charge is 2.12. The molecule has 0 radical (unpaired) electrons. The molecule has 2 rings (SSSR count). The fourth-order valence-corrected chi connectivity index (χ4v) is 1.80. The van der Waals surface area contributed by atoms with E-state index in [4.69, 9.17) is 0 Å². The number of hydrogen-bond donors (Lipinski definition) is 2. The number of aliphatic hydroxyl groups is 1. The largest absolute Gasteiger partial charge is 0.385 e. The number of rotatable bonds is 3. The molecule has 3 nitrogen and oxygen atoms in total. The van der Waals surface area contributed by atoms with Crippen LogP contribution in [-0.2, 0) is 6.42 Å². The van der Waals surface area contributed by atoms with E-state index in [1.165, 1.54) is 16.7 Å². The van der Waals surface area contributed by atoms with Crippen LogP contribution in [0.2, 0.25) is 0 Å². The van der Waals surface area contributed by atoms with Crippen LogP contribution in [0, 0.1) is 13.8 Å². The standard InChI is InChI=1S/C13H16N2O/c1-9-4-3-5-11(10(9)2)8-12(16)13-14-6-7-15-13/h3-7,12,16H,8H2,1-2H3,(H,14,15). The number of aromatic amines is 1. The summed E-state index contributed by atoms with van der Waals surface area (Å²) in [5.74, 6) is 0.626. The lowest BCUT2D eigenvalue weighted by atomic mass is 9.98. The van der Waals surface area contributed by atoms with Gasteiger partial charge in [0.1, 0.15) is 11.9 Å². The first-order valence-electron chi connectivity index (χ1n) is 5.41. The summed E-state index contributed by atoms with van der Waals surface area (Å²) < 4.78 is 0. The topological polar surface area (TPSA) is 48.9 Å². The minimum absolute atomic E-state index is 0.560. The van der Waals surface area contributed by atoms with Gasteiger partial charge in [0.05, 0.1) is 0 Å². The van der Waals surface area contributed by atoms with Crippen LogP contribution in [0.3, 0.4) is 0 Å². The van der Waals surface area contributed by atoms with Crippen LogP contribution in [0.5, 0.6) is 0 Å². The zero-order chi connectivity index (χ0) is 11.5. The third-order valence-corrected chi connectivity index (χ3v) is 2.97. The Hall–Kier alpha value is -1.61. The Morgan fingerprint density at radius 2 is 2.19 bits per heavy atom. The molecule has 2 aromatic rings. The summed E-state index contributed by atoms with van der Waals surface area (Å²) in [6.45, 7) is 4.16.